The highest BCUT2D eigenvalue weighted by molar-refractivity contribution is 5.97. The zero-order chi connectivity index (χ0) is 13.7. The lowest BCUT2D eigenvalue weighted by Crippen LogP contribution is -2.64. The maximum absolute atomic E-state index is 12.3. The van der Waals surface area contributed by atoms with Gasteiger partial charge in [0.1, 0.15) is 12.1 Å². The summed E-state index contributed by atoms with van der Waals surface area (Å²) in [6.07, 6.45) is 7.22. The average molecular weight is 250 g/mol. The highest BCUT2D eigenvalue weighted by atomic mass is 16.2. The van der Waals surface area contributed by atoms with Crippen molar-refractivity contribution in [2.75, 3.05) is 6.54 Å². The molecule has 1 fully saturated rings. The number of nitrogens with zero attached hydrogens (tertiary/aromatic N) is 1. The summed E-state index contributed by atoms with van der Waals surface area (Å²) in [4.78, 5) is 26.0. The van der Waals surface area contributed by atoms with E-state index in [1.807, 2.05) is 20.8 Å². The third-order valence-corrected chi connectivity index (χ3v) is 3.26. The molecule has 1 N–H and O–H groups in total. The van der Waals surface area contributed by atoms with Crippen molar-refractivity contribution in [3.05, 3.63) is 0 Å². The first kappa shape index (κ1) is 14.6. The zero-order valence-electron chi connectivity index (χ0n) is 11.4. The van der Waals surface area contributed by atoms with Crippen molar-refractivity contribution in [3.8, 4) is 12.3 Å². The van der Waals surface area contributed by atoms with Crippen molar-refractivity contribution in [2.24, 2.45) is 5.92 Å². The minimum Gasteiger partial charge on any atom is -0.343 e. The first-order chi connectivity index (χ1) is 8.52. The molecule has 0 aromatic heterocycles. The number of hydrogen-bond acceptors (Lipinski definition) is 2. The largest absolute Gasteiger partial charge is 0.343 e. The predicted octanol–water partition coefficient (Wildman–Crippen LogP) is 1.16. The summed E-state index contributed by atoms with van der Waals surface area (Å²) in [5.74, 6) is 2.65. The number of piperazine rings is 1. The van der Waals surface area contributed by atoms with E-state index in [4.69, 9.17) is 6.42 Å². The van der Waals surface area contributed by atoms with Crippen LogP contribution in [0.25, 0.3) is 0 Å². The molecule has 0 radical (unpaired) electrons. The van der Waals surface area contributed by atoms with Gasteiger partial charge in [0, 0.05) is 13.0 Å². The molecule has 1 aliphatic rings. The van der Waals surface area contributed by atoms with Crippen LogP contribution in [0.1, 0.15) is 40.0 Å². The fourth-order valence-electron chi connectivity index (χ4n) is 2.34. The van der Waals surface area contributed by atoms with E-state index < -0.39 is 0 Å². The second-order valence-corrected chi connectivity index (χ2v) is 5.00. The monoisotopic (exact) mass is 250 g/mol. The minimum absolute atomic E-state index is 0.0211. The highest BCUT2D eigenvalue weighted by Gasteiger charge is 2.40. The molecule has 0 bridgehead atoms. The molecular weight excluding hydrogens is 228 g/mol. The first-order valence-electron chi connectivity index (χ1n) is 6.57. The molecular formula is C14H22N2O2. The van der Waals surface area contributed by atoms with Crippen LogP contribution < -0.4 is 5.32 Å². The van der Waals surface area contributed by atoms with Crippen LogP contribution in [-0.4, -0.2) is 35.3 Å². The lowest BCUT2D eigenvalue weighted by Gasteiger charge is -2.40. The number of rotatable bonds is 5. The second kappa shape index (κ2) is 6.44. The van der Waals surface area contributed by atoms with Crippen LogP contribution in [0.3, 0.4) is 0 Å². The van der Waals surface area contributed by atoms with Gasteiger partial charge in [0.15, 0.2) is 0 Å². The third-order valence-electron chi connectivity index (χ3n) is 3.26. The molecule has 0 saturated carbocycles. The lowest BCUT2D eigenvalue weighted by molar-refractivity contribution is -0.151. The number of terminal acetylenes is 1. The van der Waals surface area contributed by atoms with Crippen molar-refractivity contribution < 1.29 is 9.59 Å². The quantitative estimate of drug-likeness (QED) is 0.588. The van der Waals surface area contributed by atoms with Crippen molar-refractivity contribution in [2.45, 2.75) is 52.1 Å². The Labute approximate surface area is 109 Å². The Hall–Kier alpha value is -1.50. The van der Waals surface area contributed by atoms with Crippen molar-refractivity contribution in [1.82, 2.24) is 10.2 Å². The van der Waals surface area contributed by atoms with Crippen molar-refractivity contribution in [1.29, 1.82) is 0 Å². The van der Waals surface area contributed by atoms with Crippen LogP contribution in [-0.2, 0) is 9.59 Å². The van der Waals surface area contributed by atoms with Gasteiger partial charge in [0.25, 0.3) is 0 Å². The molecule has 1 heterocycles. The number of hydrogen-bond donors (Lipinski definition) is 1. The maximum atomic E-state index is 12.3. The number of unbranched alkanes of at least 4 members (excludes halogenated alkanes) is 1. The molecule has 2 unspecified atom stereocenters. The van der Waals surface area contributed by atoms with Crippen LogP contribution >= 0.6 is 0 Å². The Balaban J connectivity index is 2.84. The molecule has 4 heteroatoms. The average Bonchev–Trinajstić information content (AvgIpc) is 2.32. The molecule has 2 atom stereocenters. The highest BCUT2D eigenvalue weighted by Crippen LogP contribution is 2.19. The van der Waals surface area contributed by atoms with E-state index in [9.17, 15) is 9.59 Å². The van der Waals surface area contributed by atoms with Crippen LogP contribution in [0.2, 0.25) is 0 Å². The van der Waals surface area contributed by atoms with Gasteiger partial charge in [-0.1, -0.05) is 20.8 Å². The van der Waals surface area contributed by atoms with Gasteiger partial charge in [0.05, 0.1) is 0 Å². The molecule has 0 spiro atoms. The predicted molar refractivity (Wildman–Crippen MR) is 70.6 cm³/mol. The summed E-state index contributed by atoms with van der Waals surface area (Å²) in [6.45, 7) is 6.38. The van der Waals surface area contributed by atoms with Gasteiger partial charge in [-0.25, -0.2) is 0 Å². The summed E-state index contributed by atoms with van der Waals surface area (Å²) in [5.41, 5.74) is 0. The second-order valence-electron chi connectivity index (χ2n) is 5.00. The summed E-state index contributed by atoms with van der Waals surface area (Å²) < 4.78 is 0. The molecule has 4 nitrogen and oxygen atoms in total. The van der Waals surface area contributed by atoms with Crippen LogP contribution in [0.4, 0.5) is 0 Å². The summed E-state index contributed by atoms with van der Waals surface area (Å²) >= 11 is 0. The van der Waals surface area contributed by atoms with E-state index in [0.717, 1.165) is 6.42 Å². The van der Waals surface area contributed by atoms with E-state index in [2.05, 4.69) is 11.2 Å². The summed E-state index contributed by atoms with van der Waals surface area (Å²) in [6, 6.07) is -0.739. The number of amides is 2. The molecule has 100 valence electrons. The van der Waals surface area contributed by atoms with Gasteiger partial charge in [-0.2, -0.15) is 0 Å². The van der Waals surface area contributed by atoms with Crippen LogP contribution in [0, 0.1) is 18.3 Å². The van der Waals surface area contributed by atoms with Crippen molar-refractivity contribution in [3.63, 3.8) is 0 Å². The fraction of sp³-hybridized carbons (Fsp3) is 0.714. The Morgan fingerprint density at radius 3 is 2.61 bits per heavy atom. The molecule has 2 amide bonds. The lowest BCUT2D eigenvalue weighted by atomic mass is 9.96. The molecule has 1 rings (SSSR count). The van der Waals surface area contributed by atoms with Gasteiger partial charge < -0.3 is 10.2 Å². The number of carbonyl (C=O) groups excluding carboxylic acids is 2. The zero-order valence-corrected chi connectivity index (χ0v) is 11.4. The Morgan fingerprint density at radius 2 is 2.11 bits per heavy atom. The number of nitrogens with one attached hydrogen (secondary N) is 1. The molecule has 1 saturated heterocycles. The molecule has 0 aromatic carbocycles. The first-order valence-corrected chi connectivity index (χ1v) is 6.57. The Bertz CT molecular complexity index is 357. The van der Waals surface area contributed by atoms with Crippen LogP contribution in [0.5, 0.6) is 0 Å². The number of carbonyl (C=O) groups is 2. The standard InChI is InChI=1S/C14H22N2O2/c1-5-7-8-9-16-12(10(3)4)13(17)15-11(6-2)14(16)18/h1,10-12H,6-9H2,2-4H3,(H,15,17). The van der Waals surface area contributed by atoms with Crippen LogP contribution in [0.15, 0.2) is 0 Å². The van der Waals surface area contributed by atoms with Gasteiger partial charge in [-0.05, 0) is 18.8 Å². The van der Waals surface area contributed by atoms with Gasteiger partial charge >= 0.3 is 0 Å². The fourth-order valence-corrected chi connectivity index (χ4v) is 2.34. The molecule has 0 aliphatic carbocycles. The molecule has 18 heavy (non-hydrogen) atoms. The molecule has 0 aromatic rings. The Kier molecular flexibility index (Phi) is 5.21. The van der Waals surface area contributed by atoms with E-state index in [1.54, 1.807) is 4.90 Å². The summed E-state index contributed by atoms with van der Waals surface area (Å²) in [5, 5.41) is 2.80. The molecule has 1 aliphatic heterocycles. The van der Waals surface area contributed by atoms with Gasteiger partial charge in [-0.15, -0.1) is 12.3 Å². The normalized spacial score (nSPS) is 24.1. The Morgan fingerprint density at radius 1 is 1.44 bits per heavy atom. The maximum Gasteiger partial charge on any atom is 0.245 e. The topological polar surface area (TPSA) is 49.4 Å². The van der Waals surface area contributed by atoms with E-state index in [-0.39, 0.29) is 29.8 Å². The SMILES string of the molecule is C#CCCCN1C(=O)C(CC)NC(=O)C1C(C)C. The van der Waals surface area contributed by atoms with E-state index >= 15 is 0 Å². The minimum atomic E-state index is -0.377. The smallest absolute Gasteiger partial charge is 0.245 e. The van der Waals surface area contributed by atoms with Gasteiger partial charge in [0.2, 0.25) is 11.8 Å². The van der Waals surface area contributed by atoms with Crippen molar-refractivity contribution >= 4 is 11.8 Å². The van der Waals surface area contributed by atoms with Gasteiger partial charge in [-0.3, -0.25) is 9.59 Å². The van der Waals surface area contributed by atoms with E-state index in [0.29, 0.717) is 19.4 Å². The summed E-state index contributed by atoms with van der Waals surface area (Å²) in [7, 11) is 0. The van der Waals surface area contributed by atoms with E-state index in [1.165, 1.54) is 0 Å². The third kappa shape index (κ3) is 3.04.